The topological polar surface area (TPSA) is 18.5 Å². The highest BCUT2D eigenvalue weighted by atomic mass is 35.7. The van der Waals surface area contributed by atoms with Gasteiger partial charge in [-0.05, 0) is 53.9 Å². The number of thiophene rings is 1. The Bertz CT molecular complexity index is 1430. The fourth-order valence-electron chi connectivity index (χ4n) is 4.70. The zero-order valence-corrected chi connectivity index (χ0v) is 25.1. The van der Waals surface area contributed by atoms with Crippen LogP contribution in [0.4, 0.5) is 13.2 Å². The summed E-state index contributed by atoms with van der Waals surface area (Å²) in [5.74, 6) is 0.210. The largest absolute Gasteiger partial charge is 0.467 e. The molecule has 1 atom stereocenters. The fraction of sp³-hybridized carbons (Fsp3) is 0.286. The number of aryl methyl sites for hydroxylation is 2. The third-order valence-electron chi connectivity index (χ3n) is 6.21. The van der Waals surface area contributed by atoms with Crippen LogP contribution in [-0.4, -0.2) is 22.0 Å². The van der Waals surface area contributed by atoms with Gasteiger partial charge in [0.25, 0.3) is 0 Å². The van der Waals surface area contributed by atoms with E-state index in [9.17, 15) is 13.2 Å². The molecule has 2 nitrogen and oxygen atoms in total. The van der Waals surface area contributed by atoms with Crippen molar-refractivity contribution in [3.05, 3.63) is 71.3 Å². The summed E-state index contributed by atoms with van der Waals surface area (Å²) in [4.78, 5) is 0. The molecule has 1 aromatic heterocycles. The third-order valence-corrected chi connectivity index (χ3v) is 12.7. The molecule has 9 heteroatoms. The Morgan fingerprint density at radius 1 is 0.919 bits per heavy atom. The van der Waals surface area contributed by atoms with Crippen LogP contribution < -0.4 is 19.8 Å². The molecule has 0 saturated heterocycles. The molecular formula is C28H29ClF3O2PSSi. The molecule has 1 heterocycles. The number of ether oxygens (including phenoxy) is 2. The number of hydrogen-bond donors (Lipinski definition) is 0. The molecule has 0 saturated carbocycles. The molecule has 0 radical (unpaired) electrons. The fourth-order valence-corrected chi connectivity index (χ4v) is 10.8. The predicted octanol–water partition coefficient (Wildman–Crippen LogP) is 8.32. The Hall–Kier alpha value is -1.89. The third kappa shape index (κ3) is 5.48. The molecular weight excluding hydrogens is 552 g/mol. The minimum atomic E-state index is -4.50. The molecule has 0 amide bonds. The smallest absolute Gasteiger partial charge is 0.416 e. The van der Waals surface area contributed by atoms with Crippen LogP contribution in [0.5, 0.6) is 5.75 Å². The number of fused-ring (bicyclic) bond motifs is 1. The van der Waals surface area contributed by atoms with Gasteiger partial charge in [-0.2, -0.15) is 13.2 Å². The van der Waals surface area contributed by atoms with Crippen LogP contribution in [0.1, 0.15) is 16.7 Å². The minimum absolute atomic E-state index is 0.165. The van der Waals surface area contributed by atoms with Crippen molar-refractivity contribution in [3.63, 3.8) is 0 Å². The van der Waals surface area contributed by atoms with Crippen molar-refractivity contribution in [1.82, 2.24) is 0 Å². The van der Waals surface area contributed by atoms with Crippen LogP contribution in [0.15, 0.2) is 54.6 Å². The summed E-state index contributed by atoms with van der Waals surface area (Å²) < 4.78 is 55.6. The summed E-state index contributed by atoms with van der Waals surface area (Å²) in [6, 6.07) is 17.0. The molecule has 0 aliphatic rings. The van der Waals surface area contributed by atoms with Crippen molar-refractivity contribution in [2.75, 3.05) is 13.9 Å². The van der Waals surface area contributed by atoms with E-state index in [1.165, 1.54) is 19.2 Å². The number of methoxy groups -OCH3 is 1. The van der Waals surface area contributed by atoms with Gasteiger partial charge in [-0.25, -0.2) is 0 Å². The summed E-state index contributed by atoms with van der Waals surface area (Å²) in [6.07, 6.45) is -4.50. The quantitative estimate of drug-likeness (QED) is 0.124. The Morgan fingerprint density at radius 2 is 1.57 bits per heavy atom. The normalized spacial score (nSPS) is 13.2. The molecule has 0 aliphatic carbocycles. The highest BCUT2D eigenvalue weighted by Gasteiger charge is 2.41. The van der Waals surface area contributed by atoms with Crippen LogP contribution >= 0.6 is 29.9 Å². The predicted molar refractivity (Wildman–Crippen MR) is 156 cm³/mol. The van der Waals surface area contributed by atoms with E-state index in [0.717, 1.165) is 37.0 Å². The monoisotopic (exact) mass is 580 g/mol. The second-order valence-corrected chi connectivity index (χ2v) is 18.8. The van der Waals surface area contributed by atoms with Gasteiger partial charge in [-0.3, -0.25) is 0 Å². The summed E-state index contributed by atoms with van der Waals surface area (Å²) >= 11 is 8.92. The van der Waals surface area contributed by atoms with E-state index in [2.05, 4.69) is 38.1 Å². The lowest BCUT2D eigenvalue weighted by atomic mass is 9.95. The first-order valence-corrected chi connectivity index (χ1v) is 18.3. The molecule has 0 aliphatic heterocycles. The highest BCUT2D eigenvalue weighted by molar-refractivity contribution is 7.99. The van der Waals surface area contributed by atoms with Gasteiger partial charge in [0.1, 0.15) is 5.75 Å². The van der Waals surface area contributed by atoms with Gasteiger partial charge >= 0.3 is 6.18 Å². The Kier molecular flexibility index (Phi) is 8.13. The standard InChI is InChI=1S/C28H29ClF3O2PSSi/c1-17-10-9-11-18(2)23(17)24-19-12-7-8-13-22(19)36-27(24)35(29)21-15-14-20(28(30,31)32)26(37(4,5)6)25(21)34-16-33-3/h7-15H,16H2,1-6H3. The molecule has 0 N–H and O–H groups in total. The zero-order chi connectivity index (χ0) is 27.1. The molecule has 37 heavy (non-hydrogen) atoms. The van der Waals surface area contributed by atoms with Crippen LogP contribution in [0.25, 0.3) is 21.2 Å². The van der Waals surface area contributed by atoms with Crippen LogP contribution in [-0.2, 0) is 10.9 Å². The number of alkyl halides is 3. The van der Waals surface area contributed by atoms with E-state index in [0.29, 0.717) is 5.30 Å². The Balaban J connectivity index is 2.04. The number of halogens is 4. The average molecular weight is 581 g/mol. The first kappa shape index (κ1) is 28.1. The second kappa shape index (κ2) is 10.7. The van der Waals surface area contributed by atoms with E-state index < -0.39 is 27.1 Å². The molecule has 3 aromatic carbocycles. The summed E-state index contributed by atoms with van der Waals surface area (Å²) in [7, 11) is -2.65. The van der Waals surface area contributed by atoms with Gasteiger partial charge < -0.3 is 9.47 Å². The maximum Gasteiger partial charge on any atom is 0.416 e. The first-order chi connectivity index (χ1) is 17.4. The van der Waals surface area contributed by atoms with Crippen molar-refractivity contribution in [2.45, 2.75) is 39.7 Å². The van der Waals surface area contributed by atoms with Crippen molar-refractivity contribution < 1.29 is 22.6 Å². The van der Waals surface area contributed by atoms with Crippen LogP contribution in [0.3, 0.4) is 0 Å². The SMILES string of the molecule is COCOc1c(P(Cl)c2sc3ccccc3c2-c2c(C)cccc2C)ccc(C(F)(F)F)c1[Si](C)(C)C. The number of hydrogen-bond acceptors (Lipinski definition) is 3. The molecule has 196 valence electrons. The molecule has 4 rings (SSSR count). The minimum Gasteiger partial charge on any atom is -0.467 e. The van der Waals surface area contributed by atoms with E-state index in [-0.39, 0.29) is 17.7 Å². The van der Waals surface area contributed by atoms with E-state index in [4.69, 9.17) is 20.7 Å². The number of rotatable bonds is 7. The van der Waals surface area contributed by atoms with Crippen molar-refractivity contribution in [1.29, 1.82) is 0 Å². The van der Waals surface area contributed by atoms with Gasteiger partial charge in [0.05, 0.1) is 25.5 Å². The second-order valence-electron chi connectivity index (χ2n) is 9.96. The summed E-state index contributed by atoms with van der Waals surface area (Å²) in [6.45, 7) is 9.65. The molecule has 0 fully saturated rings. The van der Waals surface area contributed by atoms with Crippen molar-refractivity contribution in [2.24, 2.45) is 0 Å². The van der Waals surface area contributed by atoms with Gasteiger partial charge in [0.15, 0.2) is 6.79 Å². The molecule has 0 bridgehead atoms. The Morgan fingerprint density at radius 3 is 2.16 bits per heavy atom. The first-order valence-electron chi connectivity index (χ1n) is 11.8. The van der Waals surface area contributed by atoms with Crippen LogP contribution in [0, 0.1) is 13.8 Å². The summed E-state index contributed by atoms with van der Waals surface area (Å²) in [5, 5.41) is 1.89. The van der Waals surface area contributed by atoms with Gasteiger partial charge in [-0.1, -0.05) is 67.3 Å². The lowest BCUT2D eigenvalue weighted by Gasteiger charge is -2.28. The van der Waals surface area contributed by atoms with Gasteiger partial charge in [-0.15, -0.1) is 11.3 Å². The maximum atomic E-state index is 14.2. The van der Waals surface area contributed by atoms with Gasteiger partial charge in [0, 0.05) is 28.1 Å². The molecule has 4 aromatic rings. The molecule has 1 unspecified atom stereocenters. The van der Waals surface area contributed by atoms with E-state index in [1.54, 1.807) is 11.3 Å². The summed E-state index contributed by atoms with van der Waals surface area (Å²) in [5.41, 5.74) is 3.74. The van der Waals surface area contributed by atoms with Crippen molar-refractivity contribution >= 4 is 63.1 Å². The average Bonchev–Trinajstić information content (AvgIpc) is 3.19. The Labute approximate surface area is 226 Å². The lowest BCUT2D eigenvalue weighted by Crippen LogP contribution is -2.45. The lowest BCUT2D eigenvalue weighted by molar-refractivity contribution is -0.136. The number of benzene rings is 3. The van der Waals surface area contributed by atoms with Crippen molar-refractivity contribution in [3.8, 4) is 16.9 Å². The maximum absolute atomic E-state index is 14.2. The van der Waals surface area contributed by atoms with E-state index in [1.807, 2.05) is 37.8 Å². The van der Waals surface area contributed by atoms with Gasteiger partial charge in [0.2, 0.25) is 0 Å². The molecule has 0 spiro atoms. The van der Waals surface area contributed by atoms with E-state index >= 15 is 0 Å². The zero-order valence-electron chi connectivity index (χ0n) is 21.6. The highest BCUT2D eigenvalue weighted by Crippen LogP contribution is 2.51. The van der Waals surface area contributed by atoms with Crippen LogP contribution in [0.2, 0.25) is 19.6 Å².